The number of nitrogens with zero attached hydrogens (tertiary/aromatic N) is 1. The van der Waals surface area contributed by atoms with Crippen molar-refractivity contribution >= 4 is 27.6 Å². The molecule has 17 heavy (non-hydrogen) atoms. The van der Waals surface area contributed by atoms with E-state index in [4.69, 9.17) is 4.74 Å². The molecule has 0 atom stereocenters. The summed E-state index contributed by atoms with van der Waals surface area (Å²) in [5.74, 6) is -0.461. The van der Waals surface area contributed by atoms with Gasteiger partial charge in [-0.05, 0) is 19.9 Å². The molecule has 0 saturated heterocycles. The first-order valence-corrected chi connectivity index (χ1v) is 5.84. The lowest BCUT2D eigenvalue weighted by Crippen LogP contribution is -2.10. The Bertz CT molecular complexity index is 459. The third-order valence-electron chi connectivity index (χ3n) is 2.27. The molecule has 0 spiro atoms. The van der Waals surface area contributed by atoms with Gasteiger partial charge in [-0.25, -0.2) is 0 Å². The van der Waals surface area contributed by atoms with Crippen LogP contribution in [0.25, 0.3) is 0 Å². The molecule has 0 fully saturated rings. The van der Waals surface area contributed by atoms with Crippen molar-refractivity contribution in [2.45, 2.75) is 20.3 Å². The zero-order chi connectivity index (χ0) is 13.0. The molecule has 0 aliphatic heterocycles. The number of esters is 1. The van der Waals surface area contributed by atoms with E-state index in [1.165, 1.54) is 0 Å². The van der Waals surface area contributed by atoms with Gasteiger partial charge in [-0.15, -0.1) is 0 Å². The summed E-state index contributed by atoms with van der Waals surface area (Å²) in [7, 11) is 0. The molecule has 0 aliphatic carbocycles. The Balaban J connectivity index is 3.11. The van der Waals surface area contributed by atoms with Crippen molar-refractivity contribution in [3.63, 3.8) is 0 Å². The van der Waals surface area contributed by atoms with Crippen molar-refractivity contribution in [3.8, 4) is 0 Å². The number of hydrogen-bond donors (Lipinski definition) is 0. The van der Waals surface area contributed by atoms with Gasteiger partial charge in [-0.1, -0.05) is 22.0 Å². The fourth-order valence-corrected chi connectivity index (χ4v) is 1.82. The van der Waals surface area contributed by atoms with Crippen LogP contribution in [0.4, 0.5) is 5.69 Å². The third kappa shape index (κ3) is 3.26. The Labute approximate surface area is 107 Å². The van der Waals surface area contributed by atoms with Crippen molar-refractivity contribution in [2.75, 3.05) is 6.61 Å². The van der Waals surface area contributed by atoms with Crippen molar-refractivity contribution < 1.29 is 14.5 Å². The van der Waals surface area contributed by atoms with Crippen molar-refractivity contribution in [2.24, 2.45) is 0 Å². The number of nitro benzene ring substituents is 1. The second-order valence-electron chi connectivity index (χ2n) is 3.42. The van der Waals surface area contributed by atoms with Crippen molar-refractivity contribution in [3.05, 3.63) is 37.8 Å². The molecule has 1 aromatic carbocycles. The predicted molar refractivity (Wildman–Crippen MR) is 65.9 cm³/mol. The fraction of sp³-hybridized carbons (Fsp3) is 0.364. The minimum Gasteiger partial charge on any atom is -0.466 e. The highest BCUT2D eigenvalue weighted by molar-refractivity contribution is 9.10. The number of nitro groups is 1. The zero-order valence-corrected chi connectivity index (χ0v) is 11.1. The summed E-state index contributed by atoms with van der Waals surface area (Å²) < 4.78 is 5.43. The topological polar surface area (TPSA) is 69.4 Å². The molecule has 0 saturated carbocycles. The van der Waals surface area contributed by atoms with Crippen LogP contribution < -0.4 is 0 Å². The van der Waals surface area contributed by atoms with Crippen LogP contribution in [0, 0.1) is 17.0 Å². The van der Waals surface area contributed by atoms with Crippen LogP contribution in [0.15, 0.2) is 16.6 Å². The average Bonchev–Trinajstić information content (AvgIpc) is 2.23. The van der Waals surface area contributed by atoms with Gasteiger partial charge < -0.3 is 4.74 Å². The maximum absolute atomic E-state index is 11.3. The fourth-order valence-electron chi connectivity index (χ4n) is 1.50. The molecule has 1 rings (SSSR count). The van der Waals surface area contributed by atoms with Crippen LogP contribution >= 0.6 is 15.9 Å². The number of halogens is 1. The number of carbonyl (C=O) groups is 1. The molecule has 0 heterocycles. The van der Waals surface area contributed by atoms with Crippen LogP contribution in [-0.2, 0) is 16.0 Å². The first-order chi connectivity index (χ1) is 7.97. The standard InChI is InChI=1S/C11H12BrNO4/c1-3-17-10(14)6-8-4-5-9(12)7(2)11(8)13(15)16/h4-5H,3,6H2,1-2H3. The van der Waals surface area contributed by atoms with Gasteiger partial charge >= 0.3 is 5.97 Å². The number of hydrogen-bond acceptors (Lipinski definition) is 4. The van der Waals surface area contributed by atoms with Crippen LogP contribution in [0.3, 0.4) is 0 Å². The monoisotopic (exact) mass is 301 g/mol. The summed E-state index contributed by atoms with van der Waals surface area (Å²) in [4.78, 5) is 21.8. The smallest absolute Gasteiger partial charge is 0.310 e. The van der Waals surface area contributed by atoms with E-state index in [2.05, 4.69) is 15.9 Å². The highest BCUT2D eigenvalue weighted by Gasteiger charge is 2.21. The highest BCUT2D eigenvalue weighted by Crippen LogP contribution is 2.30. The summed E-state index contributed by atoms with van der Waals surface area (Å²) in [6.45, 7) is 3.60. The molecule has 92 valence electrons. The largest absolute Gasteiger partial charge is 0.466 e. The molecule has 5 nitrogen and oxygen atoms in total. The van der Waals surface area contributed by atoms with E-state index in [9.17, 15) is 14.9 Å². The third-order valence-corrected chi connectivity index (χ3v) is 3.13. The average molecular weight is 302 g/mol. The first kappa shape index (κ1) is 13.6. The molecule has 6 heteroatoms. The number of ether oxygens (including phenoxy) is 1. The highest BCUT2D eigenvalue weighted by atomic mass is 79.9. The number of rotatable bonds is 4. The second-order valence-corrected chi connectivity index (χ2v) is 4.27. The summed E-state index contributed by atoms with van der Waals surface area (Å²) in [6.07, 6.45) is -0.0850. The molecular weight excluding hydrogens is 290 g/mol. The Kier molecular flexibility index (Phi) is 4.62. The van der Waals surface area contributed by atoms with E-state index < -0.39 is 10.9 Å². The van der Waals surface area contributed by atoms with Gasteiger partial charge in [-0.3, -0.25) is 14.9 Å². The number of benzene rings is 1. The SMILES string of the molecule is CCOC(=O)Cc1ccc(Br)c(C)c1[N+](=O)[O-]. The zero-order valence-electron chi connectivity index (χ0n) is 9.53. The van der Waals surface area contributed by atoms with Gasteiger partial charge in [0.2, 0.25) is 0 Å². The van der Waals surface area contributed by atoms with E-state index in [0.717, 1.165) is 0 Å². The predicted octanol–water partition coefficient (Wildman–Crippen LogP) is 2.77. The van der Waals surface area contributed by atoms with Crippen LogP contribution in [0.2, 0.25) is 0 Å². The molecule has 0 aromatic heterocycles. The molecule has 0 radical (unpaired) electrons. The van der Waals surface area contributed by atoms with Crippen LogP contribution in [-0.4, -0.2) is 17.5 Å². The maximum atomic E-state index is 11.3. The van der Waals surface area contributed by atoms with Gasteiger partial charge in [0.1, 0.15) is 0 Å². The summed E-state index contributed by atoms with van der Waals surface area (Å²) in [5.41, 5.74) is 0.846. The minimum absolute atomic E-state index is 0.0348. The Morgan fingerprint density at radius 3 is 2.71 bits per heavy atom. The normalized spacial score (nSPS) is 10.1. The Morgan fingerprint density at radius 1 is 1.53 bits per heavy atom. The van der Waals surface area contributed by atoms with E-state index in [1.807, 2.05) is 0 Å². The van der Waals surface area contributed by atoms with Gasteiger partial charge in [0, 0.05) is 15.6 Å². The quantitative estimate of drug-likeness (QED) is 0.487. The van der Waals surface area contributed by atoms with Gasteiger partial charge in [0.15, 0.2) is 0 Å². The lowest BCUT2D eigenvalue weighted by atomic mass is 10.1. The minimum atomic E-state index is -0.478. The van der Waals surface area contributed by atoms with Crippen molar-refractivity contribution in [1.82, 2.24) is 0 Å². The van der Waals surface area contributed by atoms with E-state index in [1.54, 1.807) is 26.0 Å². The van der Waals surface area contributed by atoms with Gasteiger partial charge in [0.25, 0.3) is 5.69 Å². The van der Waals surface area contributed by atoms with E-state index in [-0.39, 0.29) is 18.7 Å². The van der Waals surface area contributed by atoms with Gasteiger partial charge in [0.05, 0.1) is 18.0 Å². The number of carbonyl (C=O) groups excluding carboxylic acids is 1. The lowest BCUT2D eigenvalue weighted by molar-refractivity contribution is -0.386. The molecule has 1 aromatic rings. The second kappa shape index (κ2) is 5.77. The summed E-state index contributed by atoms with van der Waals surface area (Å²) in [6, 6.07) is 3.25. The van der Waals surface area contributed by atoms with Gasteiger partial charge in [-0.2, -0.15) is 0 Å². The summed E-state index contributed by atoms with van der Waals surface area (Å²) in [5, 5.41) is 11.0. The summed E-state index contributed by atoms with van der Waals surface area (Å²) >= 11 is 3.22. The lowest BCUT2D eigenvalue weighted by Gasteiger charge is -2.06. The molecule has 0 bridgehead atoms. The van der Waals surface area contributed by atoms with E-state index >= 15 is 0 Å². The Hall–Kier alpha value is -1.43. The molecule has 0 amide bonds. The molecular formula is C11H12BrNO4. The van der Waals surface area contributed by atoms with Crippen LogP contribution in [0.1, 0.15) is 18.1 Å². The molecule has 0 unspecified atom stereocenters. The van der Waals surface area contributed by atoms with Crippen molar-refractivity contribution in [1.29, 1.82) is 0 Å². The van der Waals surface area contributed by atoms with Crippen LogP contribution in [0.5, 0.6) is 0 Å². The first-order valence-electron chi connectivity index (χ1n) is 5.05. The maximum Gasteiger partial charge on any atom is 0.310 e. The molecule has 0 aliphatic rings. The Morgan fingerprint density at radius 2 is 2.18 bits per heavy atom. The molecule has 0 N–H and O–H groups in total. The van der Waals surface area contributed by atoms with E-state index in [0.29, 0.717) is 15.6 Å².